The molecule has 9 nitrogen and oxygen atoms in total. The van der Waals surface area contributed by atoms with Crippen molar-refractivity contribution in [3.63, 3.8) is 0 Å². The fourth-order valence-electron chi connectivity index (χ4n) is 1.79. The number of aromatic amines is 2. The van der Waals surface area contributed by atoms with Gasteiger partial charge in [0.15, 0.2) is 0 Å². The van der Waals surface area contributed by atoms with Crippen LogP contribution in [0, 0.1) is 11.3 Å². The van der Waals surface area contributed by atoms with Crippen molar-refractivity contribution in [2.75, 3.05) is 14.2 Å². The summed E-state index contributed by atoms with van der Waals surface area (Å²) in [5.74, 6) is 0.554. The highest BCUT2D eigenvalue weighted by Gasteiger charge is 2.25. The summed E-state index contributed by atoms with van der Waals surface area (Å²) in [5.41, 5.74) is -0.551. The Hall–Kier alpha value is -2.64. The fourth-order valence-corrected chi connectivity index (χ4v) is 3.04. The van der Waals surface area contributed by atoms with Crippen molar-refractivity contribution in [3.8, 4) is 11.8 Å². The molecule has 0 atom stereocenters. The van der Waals surface area contributed by atoms with E-state index in [-0.39, 0.29) is 22.8 Å². The summed E-state index contributed by atoms with van der Waals surface area (Å²) in [6.45, 7) is -0.141. The summed E-state index contributed by atoms with van der Waals surface area (Å²) >= 11 is 0. The number of hydrogen-bond acceptors (Lipinski definition) is 6. The van der Waals surface area contributed by atoms with Crippen LogP contribution < -0.4 is 10.4 Å². The number of nitriles is 1. The molecule has 1 heterocycles. The largest absolute Gasteiger partial charge is 0.497 e. The van der Waals surface area contributed by atoms with Crippen LogP contribution in [0.15, 0.2) is 27.9 Å². The number of methoxy groups -OCH3 is 1. The maximum Gasteiger partial charge on any atom is 0.340 e. The minimum absolute atomic E-state index is 0.0262. The second-order valence-electron chi connectivity index (χ2n) is 4.36. The lowest BCUT2D eigenvalue weighted by molar-refractivity contribution is 0.414. The van der Waals surface area contributed by atoms with Crippen LogP contribution >= 0.6 is 0 Å². The van der Waals surface area contributed by atoms with Gasteiger partial charge in [-0.3, -0.25) is 4.98 Å². The van der Waals surface area contributed by atoms with Crippen LogP contribution in [0.3, 0.4) is 0 Å². The van der Waals surface area contributed by atoms with E-state index in [4.69, 9.17) is 10.00 Å². The Morgan fingerprint density at radius 3 is 2.73 bits per heavy atom. The minimum atomic E-state index is -3.92. The quantitative estimate of drug-likeness (QED) is 0.783. The topological polar surface area (TPSA) is 132 Å². The smallest absolute Gasteiger partial charge is 0.340 e. The number of benzene rings is 1. The first-order chi connectivity index (χ1) is 10.4. The van der Waals surface area contributed by atoms with Crippen molar-refractivity contribution in [1.29, 1.82) is 5.26 Å². The van der Waals surface area contributed by atoms with Gasteiger partial charge in [-0.05, 0) is 18.2 Å². The molecule has 10 heteroatoms. The van der Waals surface area contributed by atoms with Gasteiger partial charge < -0.3 is 4.74 Å². The molecule has 22 heavy (non-hydrogen) atoms. The van der Waals surface area contributed by atoms with E-state index in [1.807, 2.05) is 6.07 Å². The third kappa shape index (κ3) is 3.00. The van der Waals surface area contributed by atoms with Crippen molar-refractivity contribution in [1.82, 2.24) is 19.5 Å². The molecule has 0 aliphatic rings. The van der Waals surface area contributed by atoms with E-state index in [1.54, 1.807) is 0 Å². The molecular formula is C12H13N5O4S. The summed E-state index contributed by atoms with van der Waals surface area (Å²) < 4.78 is 31.0. The van der Waals surface area contributed by atoms with Crippen molar-refractivity contribution in [2.24, 2.45) is 0 Å². The number of nitrogens with one attached hydrogen (secondary N) is 2. The zero-order chi connectivity index (χ0) is 16.3. The fraction of sp³-hybridized carbons (Fsp3) is 0.250. The zero-order valence-corrected chi connectivity index (χ0v) is 12.6. The van der Waals surface area contributed by atoms with Crippen molar-refractivity contribution < 1.29 is 13.2 Å². The Morgan fingerprint density at radius 2 is 2.18 bits per heavy atom. The second kappa shape index (κ2) is 6.00. The third-order valence-corrected chi connectivity index (χ3v) is 4.78. The van der Waals surface area contributed by atoms with Gasteiger partial charge in [-0.25, -0.2) is 18.3 Å². The number of hydrogen-bond donors (Lipinski definition) is 2. The molecule has 0 spiro atoms. The Labute approximate surface area is 126 Å². The Kier molecular flexibility index (Phi) is 4.30. The lowest BCUT2D eigenvalue weighted by Crippen LogP contribution is -2.27. The van der Waals surface area contributed by atoms with E-state index in [2.05, 4.69) is 15.2 Å². The summed E-state index contributed by atoms with van der Waals surface area (Å²) in [7, 11) is -1.17. The van der Waals surface area contributed by atoms with Gasteiger partial charge in [-0.15, -0.1) is 0 Å². The van der Waals surface area contributed by atoms with E-state index in [0.717, 1.165) is 4.31 Å². The average Bonchev–Trinajstić information content (AvgIpc) is 2.91. The highest BCUT2D eigenvalue weighted by Crippen LogP contribution is 2.24. The summed E-state index contributed by atoms with van der Waals surface area (Å²) in [4.78, 5) is 13.2. The Morgan fingerprint density at radius 1 is 1.45 bits per heavy atom. The molecule has 2 rings (SSSR count). The van der Waals surface area contributed by atoms with Crippen molar-refractivity contribution in [2.45, 2.75) is 11.4 Å². The molecule has 1 aromatic carbocycles. The van der Waals surface area contributed by atoms with Crippen molar-refractivity contribution >= 4 is 10.0 Å². The molecule has 2 N–H and O–H groups in total. The second-order valence-corrected chi connectivity index (χ2v) is 6.37. The first-order valence-corrected chi connectivity index (χ1v) is 7.50. The van der Waals surface area contributed by atoms with Gasteiger partial charge in [0.2, 0.25) is 10.0 Å². The van der Waals surface area contributed by atoms with Gasteiger partial charge in [-0.2, -0.15) is 14.7 Å². The van der Waals surface area contributed by atoms with Crippen LogP contribution in [0.4, 0.5) is 0 Å². The molecule has 116 valence electrons. The predicted molar refractivity (Wildman–Crippen MR) is 75.6 cm³/mol. The van der Waals surface area contributed by atoms with Gasteiger partial charge >= 0.3 is 5.69 Å². The molecule has 0 fully saturated rings. The number of rotatable bonds is 5. The molecule has 2 aromatic rings. The molecule has 0 saturated carbocycles. The van der Waals surface area contributed by atoms with Crippen LogP contribution in [0.5, 0.6) is 5.75 Å². The van der Waals surface area contributed by atoms with E-state index in [1.165, 1.54) is 32.4 Å². The summed E-state index contributed by atoms with van der Waals surface area (Å²) in [6.07, 6.45) is 0. The number of nitrogens with zero attached hydrogens (tertiary/aromatic N) is 3. The normalized spacial score (nSPS) is 11.4. The highest BCUT2D eigenvalue weighted by atomic mass is 32.2. The predicted octanol–water partition coefficient (Wildman–Crippen LogP) is -0.201. The minimum Gasteiger partial charge on any atom is -0.497 e. The van der Waals surface area contributed by atoms with Crippen molar-refractivity contribution in [3.05, 3.63) is 40.1 Å². The Bertz CT molecular complexity index is 877. The lowest BCUT2D eigenvalue weighted by atomic mass is 10.2. The average molecular weight is 323 g/mol. The highest BCUT2D eigenvalue weighted by molar-refractivity contribution is 7.89. The van der Waals surface area contributed by atoms with Gasteiger partial charge in [-0.1, -0.05) is 0 Å². The molecule has 0 saturated heterocycles. The van der Waals surface area contributed by atoms with E-state index >= 15 is 0 Å². The first-order valence-electron chi connectivity index (χ1n) is 6.06. The van der Waals surface area contributed by atoms with Crippen LogP contribution in [-0.4, -0.2) is 42.1 Å². The van der Waals surface area contributed by atoms with E-state index < -0.39 is 15.7 Å². The number of ether oxygens (including phenoxy) is 1. The summed E-state index contributed by atoms with van der Waals surface area (Å²) in [5, 5.41) is 14.9. The van der Waals surface area contributed by atoms with Gasteiger partial charge in [0, 0.05) is 7.05 Å². The number of H-pyrrole nitrogens is 2. The molecule has 0 radical (unpaired) electrons. The van der Waals surface area contributed by atoms with Crippen LogP contribution in [0.2, 0.25) is 0 Å². The third-order valence-electron chi connectivity index (χ3n) is 2.92. The molecule has 0 aliphatic carbocycles. The zero-order valence-electron chi connectivity index (χ0n) is 11.8. The molecule has 0 aliphatic heterocycles. The summed E-state index contributed by atoms with van der Waals surface area (Å²) in [6, 6.07) is 5.94. The van der Waals surface area contributed by atoms with Gasteiger partial charge in [0.05, 0.1) is 19.2 Å². The molecule has 0 unspecified atom stereocenters. The number of aromatic nitrogens is 3. The maximum absolute atomic E-state index is 12.5. The molecule has 1 aromatic heterocycles. The van der Waals surface area contributed by atoms with E-state index in [0.29, 0.717) is 5.75 Å². The van der Waals surface area contributed by atoms with Crippen LogP contribution in [-0.2, 0) is 16.6 Å². The SMILES string of the molecule is COc1ccc(S(=O)(=O)N(C)Cc2n[nH]c(=O)[nH]2)c(C#N)c1. The first kappa shape index (κ1) is 15.7. The standard InChI is InChI=1S/C12H13N5O4S/c1-17(7-11-14-12(18)16-15-11)22(19,20)10-4-3-9(21-2)5-8(10)6-13/h3-5H,7H2,1-2H3,(H2,14,15,16,18). The van der Waals surface area contributed by atoms with Gasteiger partial charge in [0.1, 0.15) is 22.5 Å². The Balaban J connectivity index is 2.37. The molecular weight excluding hydrogens is 310 g/mol. The maximum atomic E-state index is 12.5. The van der Waals surface area contributed by atoms with Crippen LogP contribution in [0.1, 0.15) is 11.4 Å². The van der Waals surface area contributed by atoms with Crippen LogP contribution in [0.25, 0.3) is 0 Å². The van der Waals surface area contributed by atoms with Gasteiger partial charge in [0.25, 0.3) is 0 Å². The molecule has 0 bridgehead atoms. The molecule has 0 amide bonds. The monoisotopic (exact) mass is 323 g/mol. The van der Waals surface area contributed by atoms with E-state index in [9.17, 15) is 13.2 Å². The number of sulfonamides is 1. The lowest BCUT2D eigenvalue weighted by Gasteiger charge is -2.16.